The van der Waals surface area contributed by atoms with Crippen molar-refractivity contribution < 1.29 is 13.2 Å². The lowest BCUT2D eigenvalue weighted by atomic mass is 9.77. The highest BCUT2D eigenvalue weighted by Crippen LogP contribution is 2.35. The fourth-order valence-corrected chi connectivity index (χ4v) is 3.67. The molecule has 2 N–H and O–H groups in total. The van der Waals surface area contributed by atoms with Crippen LogP contribution in [0.5, 0.6) is 0 Å². The molecular formula is C18H20N2O3S. The van der Waals surface area contributed by atoms with Gasteiger partial charge in [0.2, 0.25) is 15.9 Å². The molecule has 3 rings (SSSR count). The highest BCUT2D eigenvalue weighted by Gasteiger charge is 2.32. The normalized spacial score (nSPS) is 17.5. The Morgan fingerprint density at radius 1 is 1.12 bits per heavy atom. The van der Waals surface area contributed by atoms with Crippen LogP contribution >= 0.6 is 0 Å². The van der Waals surface area contributed by atoms with E-state index in [1.807, 2.05) is 31.2 Å². The van der Waals surface area contributed by atoms with E-state index in [1.54, 1.807) is 24.3 Å². The number of hydrogen-bond acceptors (Lipinski definition) is 3. The van der Waals surface area contributed by atoms with Crippen molar-refractivity contribution in [2.24, 2.45) is 0 Å². The van der Waals surface area contributed by atoms with Gasteiger partial charge in [-0.15, -0.1) is 0 Å². The van der Waals surface area contributed by atoms with Crippen LogP contribution in [0.1, 0.15) is 35.6 Å². The van der Waals surface area contributed by atoms with E-state index in [2.05, 4.69) is 10.0 Å². The highest BCUT2D eigenvalue weighted by molar-refractivity contribution is 7.89. The highest BCUT2D eigenvalue weighted by atomic mass is 32.2. The van der Waals surface area contributed by atoms with E-state index in [-0.39, 0.29) is 22.8 Å². The molecule has 0 bridgehead atoms. The molecule has 1 aliphatic rings. The zero-order valence-corrected chi connectivity index (χ0v) is 14.4. The molecule has 0 aliphatic heterocycles. The van der Waals surface area contributed by atoms with Gasteiger partial charge in [0.05, 0.1) is 16.9 Å². The van der Waals surface area contributed by atoms with Crippen molar-refractivity contribution in [3.05, 3.63) is 65.2 Å². The maximum absolute atomic E-state index is 12.4. The predicted molar refractivity (Wildman–Crippen MR) is 92.1 cm³/mol. The summed E-state index contributed by atoms with van der Waals surface area (Å²) in [6, 6.07) is 14.3. The van der Waals surface area contributed by atoms with Crippen molar-refractivity contribution >= 4 is 15.9 Å². The van der Waals surface area contributed by atoms with Gasteiger partial charge in [-0.3, -0.25) is 4.79 Å². The topological polar surface area (TPSA) is 75.3 Å². The van der Waals surface area contributed by atoms with Gasteiger partial charge < -0.3 is 5.32 Å². The van der Waals surface area contributed by atoms with E-state index >= 15 is 0 Å². The van der Waals surface area contributed by atoms with Gasteiger partial charge in [0.1, 0.15) is 0 Å². The quantitative estimate of drug-likeness (QED) is 0.872. The van der Waals surface area contributed by atoms with Gasteiger partial charge in [-0.2, -0.15) is 0 Å². The molecule has 1 amide bonds. The first-order valence-corrected chi connectivity index (χ1v) is 9.32. The SMILES string of the molecule is CNS(=O)(=O)c1ccc([C@@H](C)NC(=O)[C@@H]2Cc3ccccc32)cc1. The molecule has 0 spiro atoms. The van der Waals surface area contributed by atoms with E-state index < -0.39 is 10.0 Å². The molecule has 24 heavy (non-hydrogen) atoms. The van der Waals surface area contributed by atoms with Gasteiger partial charge in [0.25, 0.3) is 0 Å². The Bertz CT molecular complexity index is 860. The summed E-state index contributed by atoms with van der Waals surface area (Å²) in [5.41, 5.74) is 3.19. The third-order valence-electron chi connectivity index (χ3n) is 4.49. The second kappa shape index (κ2) is 6.37. The lowest BCUT2D eigenvalue weighted by molar-refractivity contribution is -0.123. The summed E-state index contributed by atoms with van der Waals surface area (Å²) in [6.45, 7) is 1.89. The minimum atomic E-state index is -3.44. The monoisotopic (exact) mass is 344 g/mol. The second-order valence-electron chi connectivity index (χ2n) is 5.96. The van der Waals surface area contributed by atoms with Crippen LogP contribution in [0.4, 0.5) is 0 Å². The molecule has 2 aromatic carbocycles. The minimum absolute atomic E-state index is 0.00752. The Kier molecular flexibility index (Phi) is 4.43. The summed E-state index contributed by atoms with van der Waals surface area (Å²) >= 11 is 0. The molecule has 0 saturated carbocycles. The maximum Gasteiger partial charge on any atom is 0.240 e. The van der Waals surface area contributed by atoms with Gasteiger partial charge in [-0.1, -0.05) is 36.4 Å². The van der Waals surface area contributed by atoms with E-state index in [1.165, 1.54) is 12.6 Å². The number of rotatable bonds is 5. The number of fused-ring (bicyclic) bond motifs is 1. The average Bonchev–Trinajstić information content (AvgIpc) is 2.56. The Morgan fingerprint density at radius 3 is 2.42 bits per heavy atom. The molecule has 5 nitrogen and oxygen atoms in total. The summed E-state index contributed by atoms with van der Waals surface area (Å²) in [6.07, 6.45) is 0.772. The molecule has 2 aromatic rings. The van der Waals surface area contributed by atoms with Crippen LogP contribution in [0.3, 0.4) is 0 Å². The third-order valence-corrected chi connectivity index (χ3v) is 5.92. The average molecular weight is 344 g/mol. The van der Waals surface area contributed by atoms with Crippen LogP contribution in [0, 0.1) is 0 Å². The number of sulfonamides is 1. The summed E-state index contributed by atoms with van der Waals surface area (Å²) in [7, 11) is -2.07. The molecule has 0 fully saturated rings. The molecule has 0 aromatic heterocycles. The molecule has 1 aliphatic carbocycles. The van der Waals surface area contributed by atoms with Gasteiger partial charge in [-0.05, 0) is 49.2 Å². The van der Waals surface area contributed by atoms with E-state index in [0.29, 0.717) is 0 Å². The Hall–Kier alpha value is -2.18. The van der Waals surface area contributed by atoms with E-state index in [4.69, 9.17) is 0 Å². The van der Waals surface area contributed by atoms with Crippen molar-refractivity contribution in [3.63, 3.8) is 0 Å². The van der Waals surface area contributed by atoms with Crippen molar-refractivity contribution in [2.75, 3.05) is 7.05 Å². The van der Waals surface area contributed by atoms with Crippen LogP contribution in [-0.2, 0) is 21.2 Å². The van der Waals surface area contributed by atoms with E-state index in [0.717, 1.165) is 17.5 Å². The largest absolute Gasteiger partial charge is 0.349 e. The van der Waals surface area contributed by atoms with Gasteiger partial charge >= 0.3 is 0 Å². The Balaban J connectivity index is 1.67. The first-order valence-electron chi connectivity index (χ1n) is 7.84. The smallest absolute Gasteiger partial charge is 0.240 e. The van der Waals surface area contributed by atoms with Crippen LogP contribution in [0.15, 0.2) is 53.4 Å². The zero-order valence-electron chi connectivity index (χ0n) is 13.6. The number of nitrogens with one attached hydrogen (secondary N) is 2. The Labute approximate surface area is 142 Å². The number of carbonyl (C=O) groups excluding carboxylic acids is 1. The lowest BCUT2D eigenvalue weighted by Crippen LogP contribution is -2.36. The predicted octanol–water partition coefficient (Wildman–Crippen LogP) is 2.11. The van der Waals surface area contributed by atoms with Crippen LogP contribution in [0.25, 0.3) is 0 Å². The van der Waals surface area contributed by atoms with Crippen molar-refractivity contribution in [1.29, 1.82) is 0 Å². The molecular weight excluding hydrogens is 324 g/mol. The first-order chi connectivity index (χ1) is 11.4. The standard InChI is InChI=1S/C18H20N2O3S/c1-12(13-7-9-15(10-8-13)24(22,23)19-2)20-18(21)17-11-14-5-3-4-6-16(14)17/h3-10,12,17,19H,11H2,1-2H3,(H,20,21)/t12-,17-/m1/s1. The summed E-state index contributed by atoms with van der Waals surface area (Å²) < 4.78 is 25.7. The summed E-state index contributed by atoms with van der Waals surface area (Å²) in [5.74, 6) is -0.0827. The molecule has 6 heteroatoms. The number of hydrogen-bond donors (Lipinski definition) is 2. The molecule has 2 atom stereocenters. The second-order valence-corrected chi connectivity index (χ2v) is 7.85. The van der Waals surface area contributed by atoms with Gasteiger partial charge in [0, 0.05) is 0 Å². The van der Waals surface area contributed by atoms with Crippen molar-refractivity contribution in [3.8, 4) is 0 Å². The van der Waals surface area contributed by atoms with Crippen molar-refractivity contribution in [2.45, 2.75) is 30.2 Å². The fourth-order valence-electron chi connectivity index (χ4n) is 2.94. The number of benzene rings is 2. The lowest BCUT2D eigenvalue weighted by Gasteiger charge is -2.30. The van der Waals surface area contributed by atoms with Crippen LogP contribution < -0.4 is 10.0 Å². The first kappa shape index (κ1) is 16.7. The molecule has 0 saturated heterocycles. The summed E-state index contributed by atoms with van der Waals surface area (Å²) in [5, 5.41) is 3.01. The molecule has 0 unspecified atom stereocenters. The maximum atomic E-state index is 12.4. The number of amides is 1. The molecule has 126 valence electrons. The van der Waals surface area contributed by atoms with Crippen LogP contribution in [-0.4, -0.2) is 21.4 Å². The fraction of sp³-hybridized carbons (Fsp3) is 0.278. The molecule has 0 radical (unpaired) electrons. The third kappa shape index (κ3) is 3.07. The van der Waals surface area contributed by atoms with Crippen molar-refractivity contribution in [1.82, 2.24) is 10.0 Å². The zero-order chi connectivity index (χ0) is 17.3. The minimum Gasteiger partial charge on any atom is -0.349 e. The van der Waals surface area contributed by atoms with E-state index in [9.17, 15) is 13.2 Å². The molecule has 0 heterocycles. The summed E-state index contributed by atoms with van der Waals surface area (Å²) in [4.78, 5) is 12.6. The number of carbonyl (C=O) groups is 1. The van der Waals surface area contributed by atoms with Gasteiger partial charge in [-0.25, -0.2) is 13.1 Å². The van der Waals surface area contributed by atoms with Crippen LogP contribution in [0.2, 0.25) is 0 Å². The van der Waals surface area contributed by atoms with Gasteiger partial charge in [0.15, 0.2) is 0 Å². The Morgan fingerprint density at radius 2 is 1.79 bits per heavy atom.